The lowest BCUT2D eigenvalue weighted by Crippen LogP contribution is -2.30. The minimum absolute atomic E-state index is 0.0606. The molecule has 0 aromatic heterocycles. The fourth-order valence-corrected chi connectivity index (χ4v) is 10.0. The van der Waals surface area contributed by atoms with Gasteiger partial charge in [-0.25, -0.2) is 0 Å². The highest BCUT2D eigenvalue weighted by molar-refractivity contribution is 5.71. The van der Waals surface area contributed by atoms with Crippen molar-refractivity contribution in [2.75, 3.05) is 13.2 Å². The summed E-state index contributed by atoms with van der Waals surface area (Å²) in [6.07, 6.45) is 68.2. The highest BCUT2D eigenvalue weighted by atomic mass is 16.6. The van der Waals surface area contributed by atoms with Gasteiger partial charge in [-0.15, -0.1) is 0 Å². The number of esters is 3. The van der Waals surface area contributed by atoms with Crippen LogP contribution in [0.3, 0.4) is 0 Å². The lowest BCUT2D eigenvalue weighted by atomic mass is 10.0. The summed E-state index contributed by atoms with van der Waals surface area (Å²) in [5, 5.41) is 0. The highest BCUT2D eigenvalue weighted by Crippen LogP contribution is 2.19. The van der Waals surface area contributed by atoms with Gasteiger partial charge in [-0.1, -0.05) is 335 Å². The number of hydrogen-bond donors (Lipinski definition) is 0. The molecule has 0 aromatic carbocycles. The lowest BCUT2D eigenvalue weighted by Gasteiger charge is -2.18. The van der Waals surface area contributed by atoms with E-state index in [0.717, 1.165) is 57.8 Å². The van der Waals surface area contributed by atoms with E-state index in [1.54, 1.807) is 0 Å². The van der Waals surface area contributed by atoms with E-state index in [1.165, 1.54) is 276 Å². The van der Waals surface area contributed by atoms with Crippen LogP contribution in [0.4, 0.5) is 0 Å². The zero-order valence-electron chi connectivity index (χ0n) is 47.8. The molecular formula is C64H124O6. The molecule has 0 aliphatic heterocycles. The van der Waals surface area contributed by atoms with Crippen molar-refractivity contribution in [1.29, 1.82) is 0 Å². The molecule has 0 radical (unpaired) electrons. The summed E-state index contributed by atoms with van der Waals surface area (Å²) < 4.78 is 16.9. The molecule has 0 amide bonds. The molecule has 0 rings (SSSR count). The molecule has 6 nitrogen and oxygen atoms in total. The topological polar surface area (TPSA) is 78.9 Å². The molecule has 0 saturated heterocycles. The zero-order chi connectivity index (χ0) is 50.7. The third-order valence-corrected chi connectivity index (χ3v) is 14.9. The molecule has 0 N–H and O–H groups in total. The van der Waals surface area contributed by atoms with E-state index < -0.39 is 6.10 Å². The maximum atomic E-state index is 12.9. The normalized spacial score (nSPS) is 11.9. The SMILES string of the molecule is CCCCCCCCCCCCCCCCCCCCCCCC(=O)O[C@@H](COC(=O)CCCCCCCCCCCCCC)COC(=O)CCCCCCCCCCCCCCCCCCCCC. The van der Waals surface area contributed by atoms with Crippen molar-refractivity contribution in [2.45, 2.75) is 380 Å². The molecule has 0 unspecified atom stereocenters. The second-order valence-electron chi connectivity index (χ2n) is 22.1. The Hall–Kier alpha value is -1.59. The van der Waals surface area contributed by atoms with Crippen LogP contribution in [0.25, 0.3) is 0 Å². The second-order valence-corrected chi connectivity index (χ2v) is 22.1. The first-order chi connectivity index (χ1) is 34.5. The quantitative estimate of drug-likeness (QED) is 0.0343. The van der Waals surface area contributed by atoms with Crippen LogP contribution in [-0.4, -0.2) is 37.2 Å². The molecule has 0 aromatic rings. The summed E-state index contributed by atoms with van der Waals surface area (Å²) in [5.74, 6) is -0.826. The van der Waals surface area contributed by atoms with E-state index in [-0.39, 0.29) is 31.1 Å². The van der Waals surface area contributed by atoms with Crippen molar-refractivity contribution in [2.24, 2.45) is 0 Å². The molecule has 0 heterocycles. The molecular weight excluding hydrogens is 865 g/mol. The molecule has 70 heavy (non-hydrogen) atoms. The summed E-state index contributed by atoms with van der Waals surface area (Å²) >= 11 is 0. The molecule has 1 atom stereocenters. The minimum Gasteiger partial charge on any atom is -0.462 e. The first-order valence-corrected chi connectivity index (χ1v) is 32.0. The zero-order valence-corrected chi connectivity index (χ0v) is 47.8. The monoisotopic (exact) mass is 989 g/mol. The van der Waals surface area contributed by atoms with Crippen molar-refractivity contribution in [3.05, 3.63) is 0 Å². The number of carbonyl (C=O) groups excluding carboxylic acids is 3. The van der Waals surface area contributed by atoms with Gasteiger partial charge in [-0.05, 0) is 19.3 Å². The molecule has 0 aliphatic carbocycles. The Kier molecular flexibility index (Phi) is 58.6. The first kappa shape index (κ1) is 68.4. The first-order valence-electron chi connectivity index (χ1n) is 32.0. The van der Waals surface area contributed by atoms with Crippen LogP contribution in [0, 0.1) is 0 Å². The molecule has 0 saturated carbocycles. The van der Waals surface area contributed by atoms with Crippen molar-refractivity contribution >= 4 is 17.9 Å². The van der Waals surface area contributed by atoms with Crippen molar-refractivity contribution < 1.29 is 28.6 Å². The van der Waals surface area contributed by atoms with Gasteiger partial charge in [-0.2, -0.15) is 0 Å². The van der Waals surface area contributed by atoms with Gasteiger partial charge < -0.3 is 14.2 Å². The number of unbranched alkanes of at least 4 members (excludes halogenated alkanes) is 49. The van der Waals surface area contributed by atoms with Crippen LogP contribution in [0.15, 0.2) is 0 Å². The minimum atomic E-state index is -0.762. The average molecular weight is 990 g/mol. The molecule has 0 bridgehead atoms. The standard InChI is InChI=1S/C64H124O6/c1-4-7-10-13-16-19-22-25-27-29-31-32-34-36-38-40-43-46-49-52-55-58-64(67)70-61(59-68-62(65)56-53-50-47-44-41-24-21-18-15-12-9-6-3)60-69-63(66)57-54-51-48-45-42-39-37-35-33-30-28-26-23-20-17-14-11-8-5-2/h61H,4-60H2,1-3H3/t61-/m0/s1. The number of rotatable bonds is 60. The Morgan fingerprint density at radius 2 is 0.386 bits per heavy atom. The van der Waals surface area contributed by atoms with Crippen LogP contribution in [0.2, 0.25) is 0 Å². The molecule has 416 valence electrons. The Morgan fingerprint density at radius 3 is 0.571 bits per heavy atom. The predicted molar refractivity (Wildman–Crippen MR) is 303 cm³/mol. The molecule has 0 aliphatic rings. The lowest BCUT2D eigenvalue weighted by molar-refractivity contribution is -0.167. The maximum Gasteiger partial charge on any atom is 0.306 e. The average Bonchev–Trinajstić information content (AvgIpc) is 3.36. The van der Waals surface area contributed by atoms with Gasteiger partial charge in [0.2, 0.25) is 0 Å². The smallest absolute Gasteiger partial charge is 0.306 e. The van der Waals surface area contributed by atoms with Crippen LogP contribution in [0.1, 0.15) is 374 Å². The number of ether oxygens (including phenoxy) is 3. The van der Waals surface area contributed by atoms with E-state index in [4.69, 9.17) is 14.2 Å². The fraction of sp³-hybridized carbons (Fsp3) is 0.953. The largest absolute Gasteiger partial charge is 0.462 e. The van der Waals surface area contributed by atoms with Gasteiger partial charge in [0.25, 0.3) is 0 Å². The summed E-state index contributed by atoms with van der Waals surface area (Å²) in [7, 11) is 0. The molecule has 0 fully saturated rings. The summed E-state index contributed by atoms with van der Waals surface area (Å²) in [4.78, 5) is 38.2. The van der Waals surface area contributed by atoms with E-state index in [2.05, 4.69) is 20.8 Å². The van der Waals surface area contributed by atoms with Crippen LogP contribution in [0.5, 0.6) is 0 Å². The van der Waals surface area contributed by atoms with Crippen LogP contribution in [-0.2, 0) is 28.6 Å². The van der Waals surface area contributed by atoms with Crippen LogP contribution >= 0.6 is 0 Å². The van der Waals surface area contributed by atoms with Crippen molar-refractivity contribution in [3.8, 4) is 0 Å². The highest BCUT2D eigenvalue weighted by Gasteiger charge is 2.19. The molecule has 0 spiro atoms. The Bertz CT molecular complexity index is 1040. The summed E-state index contributed by atoms with van der Waals surface area (Å²) in [6.45, 7) is 6.72. The predicted octanol–water partition coefficient (Wildman–Crippen LogP) is 21.5. The van der Waals surface area contributed by atoms with E-state index in [1.807, 2.05) is 0 Å². The van der Waals surface area contributed by atoms with Gasteiger partial charge in [-0.3, -0.25) is 14.4 Å². The number of carbonyl (C=O) groups is 3. The molecule has 6 heteroatoms. The van der Waals surface area contributed by atoms with Gasteiger partial charge in [0, 0.05) is 19.3 Å². The van der Waals surface area contributed by atoms with Gasteiger partial charge in [0.15, 0.2) is 6.10 Å². The number of hydrogen-bond acceptors (Lipinski definition) is 6. The Balaban J connectivity index is 4.22. The van der Waals surface area contributed by atoms with Crippen molar-refractivity contribution in [1.82, 2.24) is 0 Å². The second kappa shape index (κ2) is 60.0. The maximum absolute atomic E-state index is 12.9. The van der Waals surface area contributed by atoms with E-state index >= 15 is 0 Å². The summed E-state index contributed by atoms with van der Waals surface area (Å²) in [5.41, 5.74) is 0. The third-order valence-electron chi connectivity index (χ3n) is 14.9. The van der Waals surface area contributed by atoms with Crippen molar-refractivity contribution in [3.63, 3.8) is 0 Å². The Labute approximate surface area is 438 Å². The van der Waals surface area contributed by atoms with Gasteiger partial charge >= 0.3 is 17.9 Å². The fourth-order valence-electron chi connectivity index (χ4n) is 10.0. The summed E-state index contributed by atoms with van der Waals surface area (Å²) in [6, 6.07) is 0. The van der Waals surface area contributed by atoms with Gasteiger partial charge in [0.05, 0.1) is 0 Å². The van der Waals surface area contributed by atoms with E-state index in [9.17, 15) is 14.4 Å². The van der Waals surface area contributed by atoms with E-state index in [0.29, 0.717) is 19.3 Å². The Morgan fingerprint density at radius 1 is 0.229 bits per heavy atom. The van der Waals surface area contributed by atoms with Gasteiger partial charge in [0.1, 0.15) is 13.2 Å². The third kappa shape index (κ3) is 57.3. The van der Waals surface area contributed by atoms with Crippen LogP contribution < -0.4 is 0 Å².